The second-order valence-corrected chi connectivity index (χ2v) is 6.01. The summed E-state index contributed by atoms with van der Waals surface area (Å²) >= 11 is 3.10. The molecule has 0 amide bonds. The third-order valence-electron chi connectivity index (χ3n) is 3.54. The maximum Gasteiger partial charge on any atom is 0.414 e. The van der Waals surface area contributed by atoms with Crippen molar-refractivity contribution in [3.05, 3.63) is 5.69 Å². The smallest absolute Gasteiger partial charge is 0.414 e. The third-order valence-corrected chi connectivity index (χ3v) is 4.89. The van der Waals surface area contributed by atoms with Crippen molar-refractivity contribution < 1.29 is 19.8 Å². The van der Waals surface area contributed by atoms with Crippen molar-refractivity contribution in [3.8, 4) is 0 Å². The lowest BCUT2D eigenvalue weighted by atomic mass is 9.90. The Balaban J connectivity index is 0.000000212. The van der Waals surface area contributed by atoms with Gasteiger partial charge in [0.05, 0.1) is 17.4 Å². The molecular formula is C11H15N3O4S2. The largest absolute Gasteiger partial charge is 0.473 e. The summed E-state index contributed by atoms with van der Waals surface area (Å²) in [6.07, 6.45) is 3.45. The Labute approximate surface area is 124 Å². The number of hydrogen-bond donors (Lipinski definition) is 2. The topological polar surface area (TPSA) is 104 Å². The lowest BCUT2D eigenvalue weighted by Gasteiger charge is -2.20. The number of hydrogen-bond acceptors (Lipinski definition) is 7. The molecule has 0 saturated carbocycles. The van der Waals surface area contributed by atoms with Gasteiger partial charge in [-0.2, -0.15) is 8.75 Å². The number of rotatable bonds is 2. The van der Waals surface area contributed by atoms with Gasteiger partial charge in [-0.3, -0.25) is 0 Å². The lowest BCUT2D eigenvalue weighted by molar-refractivity contribution is -0.159. The molecule has 2 fully saturated rings. The fraction of sp³-hybridized carbons (Fsp3) is 0.636. The summed E-state index contributed by atoms with van der Waals surface area (Å²) in [5.41, 5.74) is 1.27. The molecule has 3 atom stereocenters. The minimum Gasteiger partial charge on any atom is -0.473 e. The number of fused-ring (bicyclic) bond motifs is 2. The highest BCUT2D eigenvalue weighted by Crippen LogP contribution is 2.41. The van der Waals surface area contributed by atoms with E-state index in [1.54, 1.807) is 11.8 Å². The van der Waals surface area contributed by atoms with E-state index >= 15 is 0 Å². The number of carboxylic acid groups (broad SMARTS) is 2. The zero-order valence-corrected chi connectivity index (χ0v) is 12.5. The van der Waals surface area contributed by atoms with E-state index in [2.05, 4.69) is 19.9 Å². The van der Waals surface area contributed by atoms with Crippen LogP contribution in [0.3, 0.4) is 0 Å². The first-order chi connectivity index (χ1) is 9.52. The predicted octanol–water partition coefficient (Wildman–Crippen LogP) is 0.835. The van der Waals surface area contributed by atoms with Crippen molar-refractivity contribution >= 4 is 35.4 Å². The molecule has 3 unspecified atom stereocenters. The Hall–Kier alpha value is -1.19. The van der Waals surface area contributed by atoms with Crippen LogP contribution >= 0.6 is 23.5 Å². The number of aromatic nitrogens is 2. The molecule has 110 valence electrons. The Morgan fingerprint density at radius 3 is 2.45 bits per heavy atom. The van der Waals surface area contributed by atoms with Gasteiger partial charge in [0.2, 0.25) is 0 Å². The van der Waals surface area contributed by atoms with Gasteiger partial charge in [-0.15, -0.1) is 11.8 Å². The Morgan fingerprint density at radius 1 is 1.30 bits per heavy atom. The molecule has 3 heterocycles. The number of carboxylic acids is 2. The maximum absolute atomic E-state index is 9.10. The third kappa shape index (κ3) is 3.28. The van der Waals surface area contributed by atoms with Gasteiger partial charge in [0.25, 0.3) is 0 Å². The molecule has 9 heteroatoms. The normalized spacial score (nSPS) is 26.9. The van der Waals surface area contributed by atoms with E-state index < -0.39 is 11.9 Å². The minimum absolute atomic E-state index is 0.671. The average Bonchev–Trinajstić information content (AvgIpc) is 3.14. The van der Waals surface area contributed by atoms with Gasteiger partial charge in [0, 0.05) is 19.0 Å². The van der Waals surface area contributed by atoms with Crippen LogP contribution in [0.5, 0.6) is 0 Å². The quantitative estimate of drug-likeness (QED) is 0.611. The molecule has 2 saturated heterocycles. The summed E-state index contributed by atoms with van der Waals surface area (Å²) in [4.78, 5) is 20.8. The Bertz CT molecular complexity index is 496. The second-order valence-electron chi connectivity index (χ2n) is 4.68. The van der Waals surface area contributed by atoms with E-state index in [-0.39, 0.29) is 0 Å². The highest BCUT2D eigenvalue weighted by Gasteiger charge is 2.40. The maximum atomic E-state index is 9.10. The summed E-state index contributed by atoms with van der Waals surface area (Å²) < 4.78 is 8.81. The number of thioether (sulfide) groups is 1. The molecule has 0 aliphatic carbocycles. The molecular weight excluding hydrogens is 302 g/mol. The molecule has 20 heavy (non-hydrogen) atoms. The monoisotopic (exact) mass is 317 g/mol. The predicted molar refractivity (Wildman–Crippen MR) is 74.2 cm³/mol. The van der Waals surface area contributed by atoms with E-state index in [1.807, 2.05) is 0 Å². The molecule has 0 spiro atoms. The van der Waals surface area contributed by atoms with Gasteiger partial charge in [-0.05, 0) is 25.1 Å². The van der Waals surface area contributed by atoms with Gasteiger partial charge in [0.1, 0.15) is 5.03 Å². The van der Waals surface area contributed by atoms with Gasteiger partial charge in [-0.1, -0.05) is 0 Å². The summed E-state index contributed by atoms with van der Waals surface area (Å²) in [6, 6.07) is 0. The highest BCUT2D eigenvalue weighted by atomic mass is 32.2. The first-order valence-corrected chi connectivity index (χ1v) is 8.03. The van der Waals surface area contributed by atoms with Crippen LogP contribution in [0.15, 0.2) is 5.03 Å². The first-order valence-electron chi connectivity index (χ1n) is 6.08. The molecule has 2 aliphatic rings. The number of piperidine rings is 1. The molecule has 1 aromatic heterocycles. The van der Waals surface area contributed by atoms with Crippen LogP contribution in [0, 0.1) is 5.92 Å². The number of carbonyl (C=O) groups is 2. The molecule has 0 aromatic carbocycles. The molecule has 3 rings (SSSR count). The fourth-order valence-corrected chi connectivity index (χ4v) is 4.03. The van der Waals surface area contributed by atoms with Gasteiger partial charge < -0.3 is 15.1 Å². The zero-order chi connectivity index (χ0) is 14.7. The first kappa shape index (κ1) is 15.2. The number of aliphatic carboxylic acids is 2. The van der Waals surface area contributed by atoms with Gasteiger partial charge in [0.15, 0.2) is 0 Å². The van der Waals surface area contributed by atoms with Crippen molar-refractivity contribution in [2.45, 2.75) is 17.4 Å². The summed E-state index contributed by atoms with van der Waals surface area (Å²) in [5, 5.41) is 15.9. The molecule has 1 aromatic rings. The fourth-order valence-electron chi connectivity index (χ4n) is 2.65. The average molecular weight is 317 g/mol. The Morgan fingerprint density at radius 2 is 2.00 bits per heavy atom. The van der Waals surface area contributed by atoms with Gasteiger partial charge in [-0.25, -0.2) is 9.59 Å². The lowest BCUT2D eigenvalue weighted by Crippen LogP contribution is -2.22. The van der Waals surface area contributed by atoms with Crippen LogP contribution in [0.4, 0.5) is 0 Å². The summed E-state index contributed by atoms with van der Waals surface area (Å²) in [5.74, 6) is -2.13. The van der Waals surface area contributed by atoms with E-state index in [1.165, 1.54) is 43.5 Å². The van der Waals surface area contributed by atoms with E-state index in [0.717, 1.165) is 10.9 Å². The van der Waals surface area contributed by atoms with Crippen LogP contribution < -0.4 is 0 Å². The highest BCUT2D eigenvalue weighted by molar-refractivity contribution is 7.98. The van der Waals surface area contributed by atoms with E-state index in [9.17, 15) is 0 Å². The minimum atomic E-state index is -1.82. The number of nitrogens with zero attached hydrogens (tertiary/aromatic N) is 3. The summed E-state index contributed by atoms with van der Waals surface area (Å²) in [7, 11) is 0. The van der Waals surface area contributed by atoms with Crippen molar-refractivity contribution in [2.24, 2.45) is 5.92 Å². The van der Waals surface area contributed by atoms with E-state index in [4.69, 9.17) is 19.8 Å². The van der Waals surface area contributed by atoms with Gasteiger partial charge >= 0.3 is 11.9 Å². The zero-order valence-electron chi connectivity index (χ0n) is 10.9. The van der Waals surface area contributed by atoms with Crippen LogP contribution in [-0.4, -0.2) is 61.7 Å². The van der Waals surface area contributed by atoms with Crippen LogP contribution in [0.25, 0.3) is 0 Å². The van der Waals surface area contributed by atoms with Crippen LogP contribution in [-0.2, 0) is 9.59 Å². The SMILES string of the molecule is CSc1nsnc1C1CN2CCC1C2.O=C(O)C(=O)O. The second kappa shape index (κ2) is 6.51. The van der Waals surface area contributed by atoms with Crippen molar-refractivity contribution in [1.82, 2.24) is 13.6 Å². The summed E-state index contributed by atoms with van der Waals surface area (Å²) in [6.45, 7) is 3.80. The van der Waals surface area contributed by atoms with Crippen molar-refractivity contribution in [1.29, 1.82) is 0 Å². The molecule has 2 bridgehead atoms. The van der Waals surface area contributed by atoms with Crippen LogP contribution in [0.2, 0.25) is 0 Å². The van der Waals surface area contributed by atoms with Crippen molar-refractivity contribution in [3.63, 3.8) is 0 Å². The molecule has 0 radical (unpaired) electrons. The molecule has 2 aliphatic heterocycles. The van der Waals surface area contributed by atoms with Crippen LogP contribution in [0.1, 0.15) is 18.0 Å². The van der Waals surface area contributed by atoms with Crippen molar-refractivity contribution in [2.75, 3.05) is 25.9 Å². The van der Waals surface area contributed by atoms with E-state index in [0.29, 0.717) is 5.92 Å². The standard InChI is InChI=1S/C9H13N3S2.C2H2O4/c1-13-9-8(10-14-11-9)7-5-12-3-2-6(7)4-12;3-1(4)2(5)6/h6-7H,2-5H2,1H3;(H,3,4)(H,5,6). The molecule has 7 nitrogen and oxygen atoms in total. The Kier molecular flexibility index (Phi) is 4.95. The molecule has 2 N–H and O–H groups in total.